The molecule has 3 heterocycles. The number of carbonyl (C=O) groups is 3. The van der Waals surface area contributed by atoms with Crippen LogP contribution in [0.4, 0.5) is 0 Å². The zero-order chi connectivity index (χ0) is 15.7. The minimum absolute atomic E-state index is 0.0595. The zero-order valence-corrected chi connectivity index (χ0v) is 12.3. The molecule has 0 radical (unpaired) electrons. The molecule has 0 aromatic carbocycles. The van der Waals surface area contributed by atoms with Crippen molar-refractivity contribution in [1.82, 2.24) is 14.8 Å². The van der Waals surface area contributed by atoms with Crippen LogP contribution in [0.25, 0.3) is 0 Å². The summed E-state index contributed by atoms with van der Waals surface area (Å²) in [7, 11) is 0. The number of likely N-dealkylation sites (tertiary alicyclic amines) is 2. The molecule has 22 heavy (non-hydrogen) atoms. The second kappa shape index (κ2) is 5.75. The Bertz CT molecular complexity index is 609. The molecule has 3 rings (SSSR count). The largest absolute Gasteiger partial charge is 0.487 e. The Morgan fingerprint density at radius 1 is 1.32 bits per heavy atom. The van der Waals surface area contributed by atoms with Gasteiger partial charge in [0.2, 0.25) is 17.7 Å². The predicted molar refractivity (Wildman–Crippen MR) is 75.9 cm³/mol. The van der Waals surface area contributed by atoms with Crippen molar-refractivity contribution in [2.24, 2.45) is 0 Å². The van der Waals surface area contributed by atoms with Gasteiger partial charge >= 0.3 is 0 Å². The average molecular weight is 303 g/mol. The van der Waals surface area contributed by atoms with E-state index in [0.29, 0.717) is 13.1 Å². The highest BCUT2D eigenvalue weighted by molar-refractivity contribution is 6.04. The minimum atomic E-state index is -0.265. The van der Waals surface area contributed by atoms with E-state index in [9.17, 15) is 14.4 Å². The molecule has 3 amide bonds. The maximum Gasteiger partial charge on any atom is 0.243 e. The van der Waals surface area contributed by atoms with Crippen LogP contribution in [-0.4, -0.2) is 58.2 Å². The van der Waals surface area contributed by atoms with Crippen molar-refractivity contribution < 1.29 is 19.1 Å². The van der Waals surface area contributed by atoms with Crippen LogP contribution in [-0.2, 0) is 14.4 Å². The number of pyridine rings is 1. The lowest BCUT2D eigenvalue weighted by Gasteiger charge is -2.39. The summed E-state index contributed by atoms with van der Waals surface area (Å²) in [6, 6.07) is 3.62. The first-order chi connectivity index (χ1) is 10.5. The van der Waals surface area contributed by atoms with Gasteiger partial charge in [-0.15, -0.1) is 0 Å². The van der Waals surface area contributed by atoms with Crippen molar-refractivity contribution in [3.05, 3.63) is 24.0 Å². The van der Waals surface area contributed by atoms with Gasteiger partial charge in [0.25, 0.3) is 0 Å². The number of carbonyl (C=O) groups excluding carboxylic acids is 3. The molecule has 1 aromatic rings. The Balaban J connectivity index is 1.47. The van der Waals surface area contributed by atoms with Gasteiger partial charge in [-0.2, -0.15) is 0 Å². The van der Waals surface area contributed by atoms with Gasteiger partial charge in [0.15, 0.2) is 0 Å². The van der Waals surface area contributed by atoms with Crippen LogP contribution in [0.1, 0.15) is 18.5 Å². The highest BCUT2D eigenvalue weighted by atomic mass is 16.5. The molecule has 7 heteroatoms. The summed E-state index contributed by atoms with van der Waals surface area (Å²) in [6.07, 6.45) is 2.03. The Hall–Kier alpha value is -2.44. The summed E-state index contributed by atoms with van der Waals surface area (Å²) in [5.41, 5.74) is 0.871. The standard InChI is InChI=1S/C15H17N3O4/c1-10-6-11(4-5-16-10)22-12-7-17(8-12)15(21)9-18-13(19)2-3-14(18)20/h4-6,12H,2-3,7-9H2,1H3. The van der Waals surface area contributed by atoms with Gasteiger partial charge in [0.05, 0.1) is 13.1 Å². The van der Waals surface area contributed by atoms with Crippen LogP contribution in [0.2, 0.25) is 0 Å². The quantitative estimate of drug-likeness (QED) is 0.739. The van der Waals surface area contributed by atoms with Gasteiger partial charge in [-0.1, -0.05) is 0 Å². The van der Waals surface area contributed by atoms with Crippen LogP contribution >= 0.6 is 0 Å². The number of imide groups is 1. The highest BCUT2D eigenvalue weighted by Gasteiger charge is 2.36. The lowest BCUT2D eigenvalue weighted by atomic mass is 10.1. The number of hydrogen-bond donors (Lipinski definition) is 0. The molecule has 2 aliphatic rings. The third-order valence-electron chi connectivity index (χ3n) is 3.82. The summed E-state index contributed by atoms with van der Waals surface area (Å²) < 4.78 is 5.74. The normalized spacial score (nSPS) is 18.6. The number of hydrogen-bond acceptors (Lipinski definition) is 5. The first-order valence-electron chi connectivity index (χ1n) is 7.23. The second-order valence-corrected chi connectivity index (χ2v) is 5.55. The SMILES string of the molecule is Cc1cc(OC2CN(C(=O)CN3C(=O)CCC3=O)C2)ccn1. The molecule has 0 unspecified atom stereocenters. The van der Waals surface area contributed by atoms with E-state index in [-0.39, 0.29) is 43.2 Å². The molecule has 7 nitrogen and oxygen atoms in total. The summed E-state index contributed by atoms with van der Waals surface area (Å²) in [5.74, 6) is -0.0123. The molecule has 0 saturated carbocycles. The lowest BCUT2D eigenvalue weighted by molar-refractivity contribution is -0.149. The van der Waals surface area contributed by atoms with Gasteiger partial charge in [-0.05, 0) is 13.0 Å². The second-order valence-electron chi connectivity index (χ2n) is 5.55. The molecular formula is C15H17N3O4. The Morgan fingerprint density at radius 2 is 2.00 bits per heavy atom. The predicted octanol–water partition coefficient (Wildman–Crippen LogP) is 0.129. The third-order valence-corrected chi connectivity index (χ3v) is 3.82. The fourth-order valence-electron chi connectivity index (χ4n) is 2.54. The number of rotatable bonds is 4. The number of aryl methyl sites for hydroxylation is 1. The molecule has 2 saturated heterocycles. The smallest absolute Gasteiger partial charge is 0.243 e. The van der Waals surface area contributed by atoms with Crippen molar-refractivity contribution in [3.63, 3.8) is 0 Å². The molecule has 0 spiro atoms. The van der Waals surface area contributed by atoms with Crippen LogP contribution in [0.3, 0.4) is 0 Å². The number of aromatic nitrogens is 1. The van der Waals surface area contributed by atoms with E-state index in [2.05, 4.69) is 4.98 Å². The fraction of sp³-hybridized carbons (Fsp3) is 0.467. The first-order valence-corrected chi connectivity index (χ1v) is 7.23. The molecule has 116 valence electrons. The zero-order valence-electron chi connectivity index (χ0n) is 12.3. The Labute approximate surface area is 127 Å². The summed E-state index contributed by atoms with van der Waals surface area (Å²) in [5, 5.41) is 0. The van der Waals surface area contributed by atoms with E-state index in [1.54, 1.807) is 17.2 Å². The van der Waals surface area contributed by atoms with E-state index in [1.165, 1.54) is 0 Å². The molecule has 0 N–H and O–H groups in total. The number of nitrogens with zero attached hydrogens (tertiary/aromatic N) is 3. The maximum atomic E-state index is 12.0. The average Bonchev–Trinajstić information content (AvgIpc) is 2.74. The van der Waals surface area contributed by atoms with Crippen molar-refractivity contribution in [2.75, 3.05) is 19.6 Å². The lowest BCUT2D eigenvalue weighted by Crippen LogP contribution is -2.58. The Morgan fingerprint density at radius 3 is 2.64 bits per heavy atom. The van der Waals surface area contributed by atoms with Crippen LogP contribution in [0.15, 0.2) is 18.3 Å². The van der Waals surface area contributed by atoms with Crippen LogP contribution in [0, 0.1) is 6.92 Å². The monoisotopic (exact) mass is 303 g/mol. The summed E-state index contributed by atoms with van der Waals surface area (Å²) in [6.45, 7) is 2.67. The van der Waals surface area contributed by atoms with Crippen molar-refractivity contribution in [3.8, 4) is 5.75 Å². The van der Waals surface area contributed by atoms with Gasteiger partial charge in [0.1, 0.15) is 18.4 Å². The van der Waals surface area contributed by atoms with Gasteiger partial charge < -0.3 is 9.64 Å². The Kier molecular flexibility index (Phi) is 3.79. The fourth-order valence-corrected chi connectivity index (χ4v) is 2.54. The first kappa shape index (κ1) is 14.5. The molecule has 1 aromatic heterocycles. The molecule has 0 aliphatic carbocycles. The van der Waals surface area contributed by atoms with Gasteiger partial charge in [-0.3, -0.25) is 24.3 Å². The highest BCUT2D eigenvalue weighted by Crippen LogP contribution is 2.19. The number of amides is 3. The molecule has 0 bridgehead atoms. The molecule has 0 atom stereocenters. The molecule has 2 fully saturated rings. The van der Waals surface area contributed by atoms with E-state index >= 15 is 0 Å². The van der Waals surface area contributed by atoms with Gasteiger partial charge in [-0.25, -0.2) is 0 Å². The van der Waals surface area contributed by atoms with Crippen LogP contribution < -0.4 is 4.74 Å². The topological polar surface area (TPSA) is 79.8 Å². The van der Waals surface area contributed by atoms with Crippen molar-refractivity contribution >= 4 is 17.7 Å². The van der Waals surface area contributed by atoms with E-state index in [0.717, 1.165) is 16.3 Å². The van der Waals surface area contributed by atoms with Gasteiger partial charge in [0, 0.05) is 30.8 Å². The molecular weight excluding hydrogens is 286 g/mol. The minimum Gasteiger partial charge on any atom is -0.487 e. The van der Waals surface area contributed by atoms with Crippen molar-refractivity contribution in [1.29, 1.82) is 0 Å². The van der Waals surface area contributed by atoms with E-state index in [4.69, 9.17) is 4.74 Å². The van der Waals surface area contributed by atoms with Crippen molar-refractivity contribution in [2.45, 2.75) is 25.9 Å². The maximum absolute atomic E-state index is 12.0. The van der Waals surface area contributed by atoms with E-state index < -0.39 is 0 Å². The molecule has 2 aliphatic heterocycles. The van der Waals surface area contributed by atoms with Crippen LogP contribution in [0.5, 0.6) is 5.75 Å². The third kappa shape index (κ3) is 2.93. The number of ether oxygens (including phenoxy) is 1. The summed E-state index contributed by atoms with van der Waals surface area (Å²) in [4.78, 5) is 41.8. The van der Waals surface area contributed by atoms with E-state index in [1.807, 2.05) is 13.0 Å². The summed E-state index contributed by atoms with van der Waals surface area (Å²) >= 11 is 0.